The number of ether oxygens (including phenoxy) is 1. The van der Waals surface area contributed by atoms with Gasteiger partial charge >= 0.3 is 0 Å². The van der Waals surface area contributed by atoms with Crippen LogP contribution in [0.5, 0.6) is 5.75 Å². The Morgan fingerprint density at radius 3 is 2.48 bits per heavy atom. The Labute approximate surface area is 185 Å². The first-order valence-corrected chi connectivity index (χ1v) is 12.3. The Balaban J connectivity index is 1.55. The van der Waals surface area contributed by atoms with Crippen LogP contribution >= 0.6 is 0 Å². The van der Waals surface area contributed by atoms with Crippen molar-refractivity contribution in [2.45, 2.75) is 32.6 Å². The molecule has 1 aliphatic heterocycles. The van der Waals surface area contributed by atoms with Crippen molar-refractivity contribution in [1.82, 2.24) is 4.31 Å². The van der Waals surface area contributed by atoms with Gasteiger partial charge in [0.25, 0.3) is 0 Å². The van der Waals surface area contributed by atoms with Crippen molar-refractivity contribution in [3.63, 3.8) is 0 Å². The van der Waals surface area contributed by atoms with Crippen LogP contribution in [0.3, 0.4) is 0 Å². The van der Waals surface area contributed by atoms with Crippen molar-refractivity contribution in [1.29, 1.82) is 0 Å². The maximum atomic E-state index is 12.8. The highest BCUT2D eigenvalue weighted by molar-refractivity contribution is 7.92. The highest BCUT2D eigenvalue weighted by Crippen LogP contribution is 2.27. The van der Waals surface area contributed by atoms with Crippen molar-refractivity contribution >= 4 is 27.7 Å². The summed E-state index contributed by atoms with van der Waals surface area (Å²) in [6, 6.07) is 16.7. The average Bonchev–Trinajstić information content (AvgIpc) is 2.80. The predicted octanol–water partition coefficient (Wildman–Crippen LogP) is 4.52. The molecule has 1 saturated heterocycles. The Bertz CT molecular complexity index is 982. The number of piperidine rings is 1. The molecule has 166 valence electrons. The Kier molecular flexibility index (Phi) is 8.26. The molecule has 1 N–H and O–H groups in total. The summed E-state index contributed by atoms with van der Waals surface area (Å²) in [5.74, 6) is 0.340. The lowest BCUT2D eigenvalue weighted by atomic mass is 9.97. The second kappa shape index (κ2) is 11.1. The highest BCUT2D eigenvalue weighted by atomic mass is 32.2. The zero-order valence-corrected chi connectivity index (χ0v) is 18.7. The van der Waals surface area contributed by atoms with Gasteiger partial charge in [-0.3, -0.25) is 4.79 Å². The molecule has 0 unspecified atom stereocenters. The number of rotatable bonds is 9. The fraction of sp³-hybridized carbons (Fsp3) is 0.375. The van der Waals surface area contributed by atoms with Gasteiger partial charge in [-0.1, -0.05) is 55.8 Å². The molecule has 1 heterocycles. The Morgan fingerprint density at radius 1 is 1.10 bits per heavy atom. The van der Waals surface area contributed by atoms with Gasteiger partial charge in [-0.25, -0.2) is 8.42 Å². The molecule has 0 aromatic heterocycles. The summed E-state index contributed by atoms with van der Waals surface area (Å²) in [5, 5.41) is 4.20. The molecule has 2 aromatic rings. The smallest absolute Gasteiger partial charge is 0.236 e. The maximum absolute atomic E-state index is 12.8. The van der Waals surface area contributed by atoms with E-state index in [1.54, 1.807) is 6.08 Å². The summed E-state index contributed by atoms with van der Waals surface area (Å²) in [6.07, 6.45) is 4.57. The van der Waals surface area contributed by atoms with Gasteiger partial charge < -0.3 is 10.1 Å². The first kappa shape index (κ1) is 23.0. The van der Waals surface area contributed by atoms with Crippen molar-refractivity contribution in [3.8, 4) is 5.75 Å². The van der Waals surface area contributed by atoms with Crippen LogP contribution in [-0.4, -0.2) is 38.3 Å². The van der Waals surface area contributed by atoms with Crippen LogP contribution in [-0.2, 0) is 14.8 Å². The molecule has 6 nitrogen and oxygen atoms in total. The van der Waals surface area contributed by atoms with Gasteiger partial charge in [0.2, 0.25) is 15.9 Å². The quantitative estimate of drug-likeness (QED) is 0.580. The number of amides is 1. The van der Waals surface area contributed by atoms with Gasteiger partial charge in [0.15, 0.2) is 0 Å². The van der Waals surface area contributed by atoms with Gasteiger partial charge in [-0.15, -0.1) is 0 Å². The summed E-state index contributed by atoms with van der Waals surface area (Å²) < 4.78 is 32.5. The molecule has 1 fully saturated rings. The largest absolute Gasteiger partial charge is 0.491 e. The maximum Gasteiger partial charge on any atom is 0.236 e. The molecule has 0 atom stereocenters. The zero-order chi connectivity index (χ0) is 22.1. The molecule has 31 heavy (non-hydrogen) atoms. The van der Waals surface area contributed by atoms with E-state index in [1.807, 2.05) is 54.6 Å². The second-order valence-corrected chi connectivity index (χ2v) is 9.44. The summed E-state index contributed by atoms with van der Waals surface area (Å²) in [7, 11) is -3.51. The number of anilines is 1. The SMILES string of the molecule is CCCCOc1ccccc1NC(=O)C1CCN(S(=O)(=O)/C=C/c2ccccc2)CC1. The van der Waals surface area contributed by atoms with Crippen LogP contribution in [0.4, 0.5) is 5.69 Å². The fourth-order valence-electron chi connectivity index (χ4n) is 3.44. The minimum atomic E-state index is -3.51. The van der Waals surface area contributed by atoms with E-state index in [9.17, 15) is 13.2 Å². The number of para-hydroxylation sites is 2. The van der Waals surface area contributed by atoms with E-state index in [2.05, 4.69) is 12.2 Å². The van der Waals surface area contributed by atoms with Gasteiger partial charge in [0.05, 0.1) is 12.3 Å². The molecular weight excluding hydrogens is 412 g/mol. The second-order valence-electron chi connectivity index (χ2n) is 7.62. The summed E-state index contributed by atoms with van der Waals surface area (Å²) in [5.41, 5.74) is 1.49. The summed E-state index contributed by atoms with van der Waals surface area (Å²) in [6.45, 7) is 3.36. The van der Waals surface area contributed by atoms with Crippen LogP contribution in [0.25, 0.3) is 6.08 Å². The van der Waals surface area contributed by atoms with E-state index in [4.69, 9.17) is 4.74 Å². The lowest BCUT2D eigenvalue weighted by Gasteiger charge is -2.29. The molecule has 0 saturated carbocycles. The molecule has 0 bridgehead atoms. The highest BCUT2D eigenvalue weighted by Gasteiger charge is 2.30. The Morgan fingerprint density at radius 2 is 1.77 bits per heavy atom. The number of carbonyl (C=O) groups is 1. The number of nitrogens with one attached hydrogen (secondary N) is 1. The van der Waals surface area contributed by atoms with Crippen molar-refractivity contribution < 1.29 is 17.9 Å². The minimum absolute atomic E-state index is 0.0941. The van der Waals surface area contributed by atoms with Crippen LogP contribution in [0.2, 0.25) is 0 Å². The molecule has 0 aliphatic carbocycles. The van der Waals surface area contributed by atoms with Gasteiger partial charge in [0.1, 0.15) is 5.75 Å². The molecule has 1 aliphatic rings. The molecular formula is C24H30N2O4S. The third-order valence-electron chi connectivity index (χ3n) is 5.32. The first-order valence-electron chi connectivity index (χ1n) is 10.8. The van der Waals surface area contributed by atoms with Crippen LogP contribution in [0.15, 0.2) is 60.0 Å². The summed E-state index contributed by atoms with van der Waals surface area (Å²) >= 11 is 0. The molecule has 3 rings (SSSR count). The van der Waals surface area contributed by atoms with E-state index in [0.29, 0.717) is 44.0 Å². The summed E-state index contributed by atoms with van der Waals surface area (Å²) in [4.78, 5) is 12.8. The molecule has 2 aromatic carbocycles. The van der Waals surface area contributed by atoms with Crippen molar-refractivity contribution in [2.24, 2.45) is 5.92 Å². The van der Waals surface area contributed by atoms with Gasteiger partial charge in [-0.05, 0) is 43.0 Å². The zero-order valence-electron chi connectivity index (χ0n) is 17.9. The van der Waals surface area contributed by atoms with Crippen molar-refractivity contribution in [3.05, 3.63) is 65.6 Å². The van der Waals surface area contributed by atoms with Gasteiger partial charge in [-0.2, -0.15) is 4.31 Å². The third-order valence-corrected chi connectivity index (χ3v) is 6.88. The number of sulfonamides is 1. The van der Waals surface area contributed by atoms with Crippen LogP contribution in [0.1, 0.15) is 38.2 Å². The monoisotopic (exact) mass is 442 g/mol. The lowest BCUT2D eigenvalue weighted by molar-refractivity contribution is -0.120. The minimum Gasteiger partial charge on any atom is -0.491 e. The third kappa shape index (κ3) is 6.67. The normalized spacial score (nSPS) is 15.8. The standard InChI is InChI=1S/C24H30N2O4S/c1-2-3-18-30-23-12-8-7-11-22(23)25-24(27)21-13-16-26(17-14-21)31(28,29)19-15-20-9-5-4-6-10-20/h4-12,15,19,21H,2-3,13-14,16-18H2,1H3,(H,25,27)/b19-15+. The molecule has 0 radical (unpaired) electrons. The number of benzene rings is 2. The van der Waals surface area contributed by atoms with E-state index >= 15 is 0 Å². The predicted molar refractivity (Wildman–Crippen MR) is 124 cm³/mol. The molecule has 0 spiro atoms. The average molecular weight is 443 g/mol. The number of carbonyl (C=O) groups excluding carboxylic acids is 1. The number of unbranched alkanes of at least 4 members (excludes halogenated alkanes) is 1. The number of hydrogen-bond donors (Lipinski definition) is 1. The fourth-order valence-corrected chi connectivity index (χ4v) is 4.67. The van der Waals surface area contributed by atoms with E-state index in [0.717, 1.165) is 18.4 Å². The van der Waals surface area contributed by atoms with E-state index < -0.39 is 10.0 Å². The van der Waals surface area contributed by atoms with E-state index in [-0.39, 0.29) is 11.8 Å². The Hall–Kier alpha value is -2.64. The van der Waals surface area contributed by atoms with E-state index in [1.165, 1.54) is 9.71 Å². The first-order chi connectivity index (χ1) is 15.0. The number of nitrogens with zero attached hydrogens (tertiary/aromatic N) is 1. The molecule has 7 heteroatoms. The lowest BCUT2D eigenvalue weighted by Crippen LogP contribution is -2.40. The van der Waals surface area contributed by atoms with Crippen LogP contribution < -0.4 is 10.1 Å². The van der Waals surface area contributed by atoms with Crippen molar-refractivity contribution in [2.75, 3.05) is 25.0 Å². The van der Waals surface area contributed by atoms with Gasteiger partial charge in [0, 0.05) is 24.4 Å². The molecule has 1 amide bonds. The number of hydrogen-bond acceptors (Lipinski definition) is 4. The topological polar surface area (TPSA) is 75.7 Å². The van der Waals surface area contributed by atoms with Crippen LogP contribution in [0, 0.1) is 5.92 Å².